The summed E-state index contributed by atoms with van der Waals surface area (Å²) in [5.74, 6) is -2.00. The third-order valence-electron chi connectivity index (χ3n) is 7.00. The summed E-state index contributed by atoms with van der Waals surface area (Å²) < 4.78 is 11.6. The second-order valence-corrected chi connectivity index (χ2v) is 12.6. The van der Waals surface area contributed by atoms with Gasteiger partial charge in [-0.3, -0.25) is 13.8 Å². The minimum absolute atomic E-state index is 0.0955. The van der Waals surface area contributed by atoms with Crippen molar-refractivity contribution >= 4 is 28.6 Å². The van der Waals surface area contributed by atoms with Gasteiger partial charge in [0.1, 0.15) is 6.04 Å². The van der Waals surface area contributed by atoms with Crippen molar-refractivity contribution in [3.05, 3.63) is 47.5 Å². The van der Waals surface area contributed by atoms with Gasteiger partial charge < -0.3 is 20.6 Å². The van der Waals surface area contributed by atoms with E-state index in [1.807, 2.05) is 58.0 Å². The van der Waals surface area contributed by atoms with E-state index >= 15 is 0 Å². The molecule has 0 aromatic heterocycles. The molecular weight excluding hydrogens is 478 g/mol. The Morgan fingerprint density at radius 2 is 1.58 bits per heavy atom. The van der Waals surface area contributed by atoms with E-state index in [0.29, 0.717) is 0 Å². The van der Waals surface area contributed by atoms with Crippen molar-refractivity contribution in [1.29, 1.82) is 0 Å². The minimum Gasteiger partial charge on any atom is -0.478 e. The van der Waals surface area contributed by atoms with Crippen molar-refractivity contribution < 1.29 is 23.7 Å². The number of hydrogen-bond donors (Lipinski definition) is 3. The fraction of sp³-hybridized carbons (Fsp3) is 0.593. The second kappa shape index (κ2) is 12.6. The summed E-state index contributed by atoms with van der Waals surface area (Å²) in [6.45, 7) is 12.5. The fourth-order valence-corrected chi connectivity index (χ4v) is 4.70. The lowest BCUT2D eigenvalue weighted by molar-refractivity contribution is -0.138. The van der Waals surface area contributed by atoms with Crippen molar-refractivity contribution in [2.45, 2.75) is 76.8 Å². The van der Waals surface area contributed by atoms with Gasteiger partial charge in [0, 0.05) is 35.1 Å². The number of benzene rings is 1. The van der Waals surface area contributed by atoms with Gasteiger partial charge in [-0.2, -0.15) is 0 Å². The van der Waals surface area contributed by atoms with Gasteiger partial charge in [0.05, 0.1) is 16.8 Å². The number of hydrogen-bond acceptors (Lipinski definition) is 5. The van der Waals surface area contributed by atoms with Gasteiger partial charge in [0.2, 0.25) is 11.8 Å². The van der Waals surface area contributed by atoms with Crippen molar-refractivity contribution in [3.8, 4) is 0 Å². The van der Waals surface area contributed by atoms with Crippen molar-refractivity contribution in [3.63, 3.8) is 0 Å². The third-order valence-corrected chi connectivity index (χ3v) is 8.71. The second-order valence-electron chi connectivity index (χ2n) is 10.6. The topological polar surface area (TPSA) is 116 Å². The Bertz CT molecular complexity index is 988. The molecule has 36 heavy (non-hydrogen) atoms. The van der Waals surface area contributed by atoms with Crippen LogP contribution in [0, 0.1) is 5.92 Å². The van der Waals surface area contributed by atoms with Crippen LogP contribution in [0.3, 0.4) is 0 Å². The van der Waals surface area contributed by atoms with Crippen LogP contribution in [0.4, 0.5) is 0 Å². The van der Waals surface area contributed by atoms with Crippen LogP contribution in [0.5, 0.6) is 0 Å². The monoisotopic (exact) mass is 521 g/mol. The number of amides is 2. The van der Waals surface area contributed by atoms with Crippen LogP contribution < -0.4 is 10.6 Å². The number of aliphatic carboxylic acids is 1. The van der Waals surface area contributed by atoms with E-state index in [-0.39, 0.29) is 11.5 Å². The molecule has 0 aliphatic carbocycles. The van der Waals surface area contributed by atoms with Gasteiger partial charge in [-0.15, -0.1) is 0 Å². The molecule has 0 aliphatic heterocycles. The molecule has 0 saturated heterocycles. The van der Waals surface area contributed by atoms with Crippen LogP contribution in [-0.2, 0) is 30.6 Å². The number of carbonyl (C=O) groups excluding carboxylic acids is 2. The van der Waals surface area contributed by atoms with E-state index < -0.39 is 56.9 Å². The fourth-order valence-electron chi connectivity index (χ4n) is 4.21. The molecule has 4 atom stereocenters. The van der Waals surface area contributed by atoms with Gasteiger partial charge in [-0.05, 0) is 39.3 Å². The molecule has 1 aromatic carbocycles. The minimum atomic E-state index is -1.47. The summed E-state index contributed by atoms with van der Waals surface area (Å²) in [6.07, 6.45) is 3.04. The Hall–Kier alpha value is -2.52. The average Bonchev–Trinajstić information content (AvgIpc) is 2.80. The quantitative estimate of drug-likeness (QED) is 0.364. The van der Waals surface area contributed by atoms with E-state index in [9.17, 15) is 23.7 Å². The highest BCUT2D eigenvalue weighted by Crippen LogP contribution is 2.28. The number of carboxylic acid groups (broad SMARTS) is 1. The average molecular weight is 522 g/mol. The Morgan fingerprint density at radius 3 is 2.00 bits per heavy atom. The van der Waals surface area contributed by atoms with Crippen LogP contribution >= 0.6 is 0 Å². The molecule has 8 nitrogen and oxygen atoms in total. The van der Waals surface area contributed by atoms with Crippen molar-refractivity contribution in [2.75, 3.05) is 20.4 Å². The van der Waals surface area contributed by atoms with Gasteiger partial charge in [-0.1, -0.05) is 64.1 Å². The summed E-state index contributed by atoms with van der Waals surface area (Å²) in [4.78, 5) is 40.3. The van der Waals surface area contributed by atoms with Crippen LogP contribution in [0.1, 0.15) is 54.0 Å². The van der Waals surface area contributed by atoms with Crippen LogP contribution in [0.15, 0.2) is 42.0 Å². The molecule has 0 fully saturated rings. The molecule has 0 aliphatic rings. The number of rotatable bonds is 12. The maximum Gasteiger partial charge on any atom is 0.331 e. The highest BCUT2D eigenvalue weighted by molar-refractivity contribution is 7.85. The molecule has 0 spiro atoms. The summed E-state index contributed by atoms with van der Waals surface area (Å²) in [5.41, 5.74) is 0.454. The Labute approximate surface area is 218 Å². The van der Waals surface area contributed by atoms with E-state index in [1.165, 1.54) is 24.2 Å². The predicted molar refractivity (Wildman–Crippen MR) is 145 cm³/mol. The molecule has 1 rings (SSSR count). The highest BCUT2D eigenvalue weighted by Gasteiger charge is 2.45. The first kappa shape index (κ1) is 31.5. The van der Waals surface area contributed by atoms with Crippen molar-refractivity contribution in [1.82, 2.24) is 15.5 Å². The van der Waals surface area contributed by atoms with Gasteiger partial charge in [0.15, 0.2) is 0 Å². The molecule has 202 valence electrons. The van der Waals surface area contributed by atoms with E-state index in [4.69, 9.17) is 0 Å². The molecule has 0 bridgehead atoms. The lowest BCUT2D eigenvalue weighted by Crippen LogP contribution is -2.64. The summed E-state index contributed by atoms with van der Waals surface area (Å²) in [7, 11) is 1.80. The molecular formula is C27H43N3O5S. The largest absolute Gasteiger partial charge is 0.478 e. The Kier molecular flexibility index (Phi) is 11.1. The zero-order chi connectivity index (χ0) is 28.0. The molecule has 9 heteroatoms. The lowest BCUT2D eigenvalue weighted by atomic mass is 9.77. The third kappa shape index (κ3) is 7.26. The van der Waals surface area contributed by atoms with Crippen LogP contribution in [-0.4, -0.2) is 75.2 Å². The van der Waals surface area contributed by atoms with E-state index in [2.05, 4.69) is 10.6 Å². The predicted octanol–water partition coefficient (Wildman–Crippen LogP) is 2.71. The first-order valence-electron chi connectivity index (χ1n) is 12.0. The number of likely N-dealkylation sites (N-methyl/N-ethyl adjacent to an activating group) is 2. The molecule has 2 amide bonds. The molecule has 0 radical (unpaired) electrons. The van der Waals surface area contributed by atoms with Gasteiger partial charge in [0.25, 0.3) is 0 Å². The maximum atomic E-state index is 13.8. The molecule has 0 saturated carbocycles. The SMILES string of the molecule is CN[C@H](C(=O)N[C@H](C(=O)N(C)[C@H](/C=C(\C)C(=O)O)C(C)C)C(C)(C)S(C)=O)C(C)(C)c1ccccc1. The summed E-state index contributed by atoms with van der Waals surface area (Å²) >= 11 is 0. The number of nitrogens with one attached hydrogen (secondary N) is 2. The number of nitrogens with zero attached hydrogens (tertiary/aromatic N) is 1. The van der Waals surface area contributed by atoms with Gasteiger partial charge in [-0.25, -0.2) is 4.79 Å². The summed E-state index contributed by atoms with van der Waals surface area (Å²) in [5, 5.41) is 15.3. The zero-order valence-electron chi connectivity index (χ0n) is 23.2. The van der Waals surface area contributed by atoms with Gasteiger partial charge >= 0.3 is 5.97 Å². The smallest absolute Gasteiger partial charge is 0.331 e. The number of carbonyl (C=O) groups is 3. The van der Waals surface area contributed by atoms with E-state index in [0.717, 1.165) is 5.56 Å². The molecule has 1 aromatic rings. The lowest BCUT2D eigenvalue weighted by Gasteiger charge is -2.40. The normalized spacial score (nSPS) is 16.1. The van der Waals surface area contributed by atoms with Crippen LogP contribution in [0.2, 0.25) is 0 Å². The van der Waals surface area contributed by atoms with Crippen molar-refractivity contribution in [2.24, 2.45) is 5.92 Å². The summed E-state index contributed by atoms with van der Waals surface area (Å²) in [6, 6.07) is 7.29. The maximum absolute atomic E-state index is 13.8. The molecule has 3 N–H and O–H groups in total. The highest BCUT2D eigenvalue weighted by atomic mass is 32.2. The first-order valence-corrected chi connectivity index (χ1v) is 13.6. The standard InChI is InChI=1S/C27H43N3O5S/c1-17(2)20(16-18(3)25(33)34)30(9)24(32)22(27(6,7)36(10)35)29-23(31)21(28-8)26(4,5)19-14-12-11-13-15-19/h11-17,20-22,28H,1-10H3,(H,29,31)(H,33,34)/b18-16+/t20-,21-,22-,36?/m1/s1. The molecule has 0 heterocycles. The first-order chi connectivity index (χ1) is 16.5. The van der Waals surface area contributed by atoms with E-state index in [1.54, 1.807) is 27.9 Å². The number of carboxylic acids is 1. The Balaban J connectivity index is 3.45. The van der Waals surface area contributed by atoms with Crippen LogP contribution in [0.25, 0.3) is 0 Å². The Morgan fingerprint density at radius 1 is 1.06 bits per heavy atom. The molecule has 1 unspecified atom stereocenters. The zero-order valence-corrected chi connectivity index (χ0v) is 24.0.